The lowest BCUT2D eigenvalue weighted by molar-refractivity contribution is -0.119. The lowest BCUT2D eigenvalue weighted by atomic mass is 9.65. The van der Waals surface area contributed by atoms with Gasteiger partial charge in [-0.25, -0.2) is 0 Å². The summed E-state index contributed by atoms with van der Waals surface area (Å²) in [7, 11) is 0. The SMILES string of the molecule is CC1(C)C[C@@](C)(c2ccccc2)c2ccccc2N1C(=O)[C@@H](Cl)c1ccccc1. The molecule has 0 saturated carbocycles. The third kappa shape index (κ3) is 3.36. The van der Waals surface area contributed by atoms with Crippen molar-refractivity contribution in [3.8, 4) is 0 Å². The van der Waals surface area contributed by atoms with Crippen LogP contribution in [0.5, 0.6) is 0 Å². The molecule has 1 heterocycles. The molecule has 3 heteroatoms. The van der Waals surface area contributed by atoms with Crippen LogP contribution < -0.4 is 4.90 Å². The van der Waals surface area contributed by atoms with Crippen molar-refractivity contribution < 1.29 is 4.79 Å². The maximum atomic E-state index is 13.6. The standard InChI is InChI=1S/C26H26ClNO/c1-25(2)18-26(3,20-14-8-5-9-15-20)21-16-10-11-17-22(21)28(25)24(29)23(27)19-12-6-4-7-13-19/h4-17,23H,18H2,1-3H3/t23-,26-/m0/s1. The topological polar surface area (TPSA) is 20.3 Å². The van der Waals surface area contributed by atoms with E-state index in [2.05, 4.69) is 57.2 Å². The van der Waals surface area contributed by atoms with Crippen LogP contribution in [0, 0.1) is 0 Å². The Morgan fingerprint density at radius 3 is 2.07 bits per heavy atom. The van der Waals surface area contributed by atoms with E-state index in [4.69, 9.17) is 11.6 Å². The van der Waals surface area contributed by atoms with E-state index in [1.807, 2.05) is 53.4 Å². The van der Waals surface area contributed by atoms with E-state index in [1.165, 1.54) is 5.56 Å². The van der Waals surface area contributed by atoms with Crippen LogP contribution in [0.25, 0.3) is 0 Å². The van der Waals surface area contributed by atoms with Crippen LogP contribution in [0.15, 0.2) is 84.9 Å². The van der Waals surface area contributed by atoms with Crippen LogP contribution in [0.2, 0.25) is 0 Å². The number of carbonyl (C=O) groups excluding carboxylic acids is 1. The average Bonchev–Trinajstić information content (AvgIpc) is 2.74. The number of halogens is 1. The zero-order valence-electron chi connectivity index (χ0n) is 17.1. The van der Waals surface area contributed by atoms with Gasteiger partial charge in [-0.1, -0.05) is 85.8 Å². The van der Waals surface area contributed by atoms with Gasteiger partial charge in [0.25, 0.3) is 0 Å². The number of fused-ring (bicyclic) bond motifs is 1. The summed E-state index contributed by atoms with van der Waals surface area (Å²) in [6.07, 6.45) is 0.811. The molecule has 4 rings (SSSR count). The molecular weight excluding hydrogens is 378 g/mol. The van der Waals surface area contributed by atoms with E-state index in [0.29, 0.717) is 0 Å². The van der Waals surface area contributed by atoms with Gasteiger partial charge < -0.3 is 4.90 Å². The molecule has 0 fully saturated rings. The largest absolute Gasteiger partial charge is 0.305 e. The maximum absolute atomic E-state index is 13.6. The summed E-state index contributed by atoms with van der Waals surface area (Å²) in [4.78, 5) is 15.5. The molecule has 29 heavy (non-hydrogen) atoms. The molecule has 2 atom stereocenters. The highest BCUT2D eigenvalue weighted by atomic mass is 35.5. The molecule has 0 N–H and O–H groups in total. The number of carbonyl (C=O) groups is 1. The first-order chi connectivity index (χ1) is 13.8. The van der Waals surface area contributed by atoms with E-state index in [0.717, 1.165) is 23.2 Å². The van der Waals surface area contributed by atoms with Gasteiger partial charge >= 0.3 is 0 Å². The quantitative estimate of drug-likeness (QED) is 0.458. The van der Waals surface area contributed by atoms with Crippen LogP contribution in [-0.4, -0.2) is 11.4 Å². The lowest BCUT2D eigenvalue weighted by Crippen LogP contribution is -2.56. The molecule has 0 bridgehead atoms. The summed E-state index contributed by atoms with van der Waals surface area (Å²) in [5.74, 6) is -0.0783. The highest BCUT2D eigenvalue weighted by Crippen LogP contribution is 2.51. The Balaban J connectivity index is 1.83. The molecule has 1 amide bonds. The van der Waals surface area contributed by atoms with Gasteiger partial charge in [-0.3, -0.25) is 4.79 Å². The maximum Gasteiger partial charge on any atom is 0.250 e. The van der Waals surface area contributed by atoms with Gasteiger partial charge in [0.15, 0.2) is 0 Å². The lowest BCUT2D eigenvalue weighted by Gasteiger charge is -2.51. The average molecular weight is 404 g/mol. The molecule has 3 aromatic carbocycles. The summed E-state index contributed by atoms with van der Waals surface area (Å²) in [5.41, 5.74) is 3.62. The minimum atomic E-state index is -0.718. The Morgan fingerprint density at radius 2 is 1.41 bits per heavy atom. The Labute approximate surface area is 178 Å². The Morgan fingerprint density at radius 1 is 0.862 bits per heavy atom. The van der Waals surface area contributed by atoms with Gasteiger partial charge in [-0.15, -0.1) is 11.6 Å². The van der Waals surface area contributed by atoms with Gasteiger partial charge in [-0.2, -0.15) is 0 Å². The zero-order valence-corrected chi connectivity index (χ0v) is 17.9. The fourth-order valence-corrected chi connectivity index (χ4v) is 5.10. The van der Waals surface area contributed by atoms with Crippen LogP contribution in [0.3, 0.4) is 0 Å². The van der Waals surface area contributed by atoms with Gasteiger partial charge in [0, 0.05) is 16.6 Å². The smallest absolute Gasteiger partial charge is 0.250 e. The Hall–Kier alpha value is -2.58. The van der Waals surface area contributed by atoms with Crippen LogP contribution in [-0.2, 0) is 10.2 Å². The summed E-state index contributed by atoms with van der Waals surface area (Å²) in [6.45, 7) is 6.55. The van der Waals surface area contributed by atoms with Gasteiger partial charge in [0.05, 0.1) is 0 Å². The third-order valence-corrected chi connectivity index (χ3v) is 6.51. The molecule has 0 spiro atoms. The van der Waals surface area contributed by atoms with Crippen molar-refractivity contribution in [2.75, 3.05) is 4.90 Å². The highest BCUT2D eigenvalue weighted by molar-refractivity contribution is 6.33. The molecule has 148 valence electrons. The number of amides is 1. The number of hydrogen-bond donors (Lipinski definition) is 0. The molecule has 0 saturated heterocycles. The predicted molar refractivity (Wildman–Crippen MR) is 121 cm³/mol. The van der Waals surface area contributed by atoms with Crippen LogP contribution in [0.4, 0.5) is 5.69 Å². The van der Waals surface area contributed by atoms with Crippen molar-refractivity contribution in [1.29, 1.82) is 0 Å². The van der Waals surface area contributed by atoms with Crippen molar-refractivity contribution in [2.45, 2.75) is 43.5 Å². The molecule has 1 aliphatic heterocycles. The Bertz CT molecular complexity index is 1020. The molecular formula is C26H26ClNO. The Kier molecular flexibility index (Phi) is 5.00. The van der Waals surface area contributed by atoms with Crippen molar-refractivity contribution >= 4 is 23.2 Å². The second kappa shape index (κ2) is 7.35. The van der Waals surface area contributed by atoms with Crippen molar-refractivity contribution in [3.05, 3.63) is 102 Å². The highest BCUT2D eigenvalue weighted by Gasteiger charge is 2.48. The number of nitrogens with zero attached hydrogens (tertiary/aromatic N) is 1. The summed E-state index contributed by atoms with van der Waals surface area (Å²) in [6, 6.07) is 28.4. The fraction of sp³-hybridized carbons (Fsp3) is 0.269. The second-order valence-electron chi connectivity index (χ2n) is 8.65. The second-order valence-corrected chi connectivity index (χ2v) is 9.09. The predicted octanol–water partition coefficient (Wildman–Crippen LogP) is 6.49. The summed E-state index contributed by atoms with van der Waals surface area (Å²) < 4.78 is 0. The van der Waals surface area contributed by atoms with Crippen molar-refractivity contribution in [3.63, 3.8) is 0 Å². The van der Waals surface area contributed by atoms with Crippen LogP contribution in [0.1, 0.15) is 49.3 Å². The third-order valence-electron chi connectivity index (χ3n) is 6.07. The first-order valence-electron chi connectivity index (χ1n) is 10.0. The molecule has 1 aliphatic rings. The first kappa shape index (κ1) is 19.7. The van der Waals surface area contributed by atoms with E-state index in [9.17, 15) is 4.79 Å². The van der Waals surface area contributed by atoms with Crippen molar-refractivity contribution in [1.82, 2.24) is 0 Å². The molecule has 0 aliphatic carbocycles. The molecule has 0 unspecified atom stereocenters. The molecule has 2 nitrogen and oxygen atoms in total. The minimum absolute atomic E-state index is 0.0783. The van der Waals surface area contributed by atoms with Crippen molar-refractivity contribution in [2.24, 2.45) is 0 Å². The summed E-state index contributed by atoms with van der Waals surface area (Å²) >= 11 is 6.68. The van der Waals surface area contributed by atoms with E-state index in [-0.39, 0.29) is 11.3 Å². The zero-order chi connectivity index (χ0) is 20.6. The molecule has 3 aromatic rings. The van der Waals surface area contributed by atoms with Gasteiger partial charge in [0.2, 0.25) is 5.91 Å². The van der Waals surface area contributed by atoms with Crippen LogP contribution >= 0.6 is 11.6 Å². The number of rotatable bonds is 3. The van der Waals surface area contributed by atoms with Gasteiger partial charge in [-0.05, 0) is 43.0 Å². The van der Waals surface area contributed by atoms with Gasteiger partial charge in [0.1, 0.15) is 5.38 Å². The van der Waals surface area contributed by atoms with E-state index < -0.39 is 10.9 Å². The number of benzene rings is 3. The number of hydrogen-bond acceptors (Lipinski definition) is 1. The first-order valence-corrected chi connectivity index (χ1v) is 10.5. The molecule has 0 aromatic heterocycles. The number of alkyl halides is 1. The van der Waals surface area contributed by atoms with E-state index in [1.54, 1.807) is 0 Å². The minimum Gasteiger partial charge on any atom is -0.305 e. The summed E-state index contributed by atoms with van der Waals surface area (Å²) in [5, 5.41) is -0.718. The normalized spacial score (nSPS) is 21.3. The molecule has 0 radical (unpaired) electrons. The fourth-order valence-electron chi connectivity index (χ4n) is 4.86. The number of para-hydroxylation sites is 1. The van der Waals surface area contributed by atoms with E-state index >= 15 is 0 Å². The monoisotopic (exact) mass is 403 g/mol. The number of anilines is 1.